The van der Waals surface area contributed by atoms with Gasteiger partial charge in [-0.25, -0.2) is 4.98 Å². The fraction of sp³-hybridized carbons (Fsp3) is 0.235. The summed E-state index contributed by atoms with van der Waals surface area (Å²) in [5, 5.41) is 26.3. The third-order valence-electron chi connectivity index (χ3n) is 3.78. The summed E-state index contributed by atoms with van der Waals surface area (Å²) in [4.78, 5) is 4.07. The van der Waals surface area contributed by atoms with Gasteiger partial charge in [-0.05, 0) is 25.0 Å². The average Bonchev–Trinajstić information content (AvgIpc) is 3.14. The van der Waals surface area contributed by atoms with E-state index >= 15 is 0 Å². The number of aromatic nitrogens is 4. The molecule has 3 rings (SSSR count). The molecule has 0 unspecified atom stereocenters. The summed E-state index contributed by atoms with van der Waals surface area (Å²) in [6, 6.07) is 11.9. The summed E-state index contributed by atoms with van der Waals surface area (Å²) in [6.45, 7) is 3.97. The molecule has 2 aromatic heterocycles. The van der Waals surface area contributed by atoms with E-state index in [1.165, 1.54) is 0 Å². The van der Waals surface area contributed by atoms with Crippen molar-refractivity contribution in [3.8, 4) is 12.1 Å². The van der Waals surface area contributed by atoms with Crippen LogP contribution in [-0.4, -0.2) is 19.7 Å². The third-order valence-corrected chi connectivity index (χ3v) is 3.78. The topological polar surface area (TPSA) is 104 Å². The molecule has 2 heterocycles. The molecule has 0 aliphatic heterocycles. The van der Waals surface area contributed by atoms with Crippen molar-refractivity contribution in [1.29, 1.82) is 10.5 Å². The Kier molecular flexibility index (Phi) is 4.09. The Labute approximate surface area is 138 Å². The molecular weight excluding hydrogens is 304 g/mol. The highest BCUT2D eigenvalue weighted by Gasteiger charge is 2.17. The Hall–Kier alpha value is -3.45. The summed E-state index contributed by atoms with van der Waals surface area (Å²) in [7, 11) is 0. The van der Waals surface area contributed by atoms with E-state index in [0.29, 0.717) is 24.0 Å². The SMILES string of the molecule is Cc1ccccc1Cc1nnc(Cn2c(C)nc(C#N)c2C#N)o1. The number of hydrogen-bond donors (Lipinski definition) is 0. The third kappa shape index (κ3) is 2.88. The van der Waals surface area contributed by atoms with Gasteiger partial charge >= 0.3 is 0 Å². The van der Waals surface area contributed by atoms with Gasteiger partial charge in [0, 0.05) is 0 Å². The quantitative estimate of drug-likeness (QED) is 0.730. The zero-order valence-corrected chi connectivity index (χ0v) is 13.3. The number of imidazole rings is 1. The second-order valence-corrected chi connectivity index (χ2v) is 5.36. The maximum absolute atomic E-state index is 9.22. The first-order valence-electron chi connectivity index (χ1n) is 7.35. The number of nitrogens with zero attached hydrogens (tertiary/aromatic N) is 6. The Balaban J connectivity index is 1.83. The molecule has 0 radical (unpaired) electrons. The van der Waals surface area contributed by atoms with Crippen LogP contribution in [0.4, 0.5) is 0 Å². The minimum absolute atomic E-state index is 0.106. The highest BCUT2D eigenvalue weighted by Crippen LogP contribution is 2.15. The Morgan fingerprint density at radius 1 is 1.08 bits per heavy atom. The van der Waals surface area contributed by atoms with Gasteiger partial charge in [0.15, 0.2) is 11.4 Å². The van der Waals surface area contributed by atoms with E-state index < -0.39 is 0 Å². The Morgan fingerprint density at radius 2 is 1.83 bits per heavy atom. The predicted molar refractivity (Wildman–Crippen MR) is 83.8 cm³/mol. The van der Waals surface area contributed by atoms with Crippen LogP contribution in [0, 0.1) is 36.5 Å². The fourth-order valence-electron chi connectivity index (χ4n) is 2.48. The summed E-state index contributed by atoms with van der Waals surface area (Å²) < 4.78 is 7.28. The van der Waals surface area contributed by atoms with E-state index in [1.807, 2.05) is 43.3 Å². The van der Waals surface area contributed by atoms with E-state index in [0.717, 1.165) is 11.1 Å². The summed E-state index contributed by atoms with van der Waals surface area (Å²) in [5.74, 6) is 1.44. The number of nitriles is 2. The molecule has 0 N–H and O–H groups in total. The van der Waals surface area contributed by atoms with Crippen molar-refractivity contribution in [2.24, 2.45) is 0 Å². The molecule has 3 aromatic rings. The van der Waals surface area contributed by atoms with Crippen molar-refractivity contribution in [1.82, 2.24) is 19.7 Å². The molecule has 0 bridgehead atoms. The van der Waals surface area contributed by atoms with E-state index in [-0.39, 0.29) is 17.9 Å². The van der Waals surface area contributed by atoms with Crippen LogP contribution in [0.3, 0.4) is 0 Å². The van der Waals surface area contributed by atoms with E-state index in [2.05, 4.69) is 15.2 Å². The Morgan fingerprint density at radius 3 is 2.54 bits per heavy atom. The van der Waals surface area contributed by atoms with Gasteiger partial charge in [0.05, 0.1) is 6.42 Å². The van der Waals surface area contributed by atoms with Gasteiger partial charge in [-0.1, -0.05) is 24.3 Å². The van der Waals surface area contributed by atoms with Gasteiger partial charge in [0.25, 0.3) is 0 Å². The normalized spacial score (nSPS) is 10.3. The van der Waals surface area contributed by atoms with Crippen LogP contribution < -0.4 is 0 Å². The number of hydrogen-bond acceptors (Lipinski definition) is 6. The monoisotopic (exact) mass is 318 g/mol. The van der Waals surface area contributed by atoms with Crippen molar-refractivity contribution in [3.63, 3.8) is 0 Å². The molecule has 0 aliphatic rings. The minimum atomic E-state index is 0.106. The first kappa shape index (κ1) is 15.4. The van der Waals surface area contributed by atoms with Crippen molar-refractivity contribution >= 4 is 0 Å². The van der Waals surface area contributed by atoms with Crippen molar-refractivity contribution in [3.05, 3.63) is 64.4 Å². The summed E-state index contributed by atoms with van der Waals surface area (Å²) in [6.07, 6.45) is 0.553. The van der Waals surface area contributed by atoms with Gasteiger partial charge in [-0.3, -0.25) is 0 Å². The number of rotatable bonds is 4. The number of benzene rings is 1. The van der Waals surface area contributed by atoms with Crippen LogP contribution in [0.15, 0.2) is 28.7 Å². The first-order valence-corrected chi connectivity index (χ1v) is 7.35. The largest absolute Gasteiger partial charge is 0.423 e. The lowest BCUT2D eigenvalue weighted by Gasteiger charge is -2.02. The summed E-state index contributed by atoms with van der Waals surface area (Å²) in [5.41, 5.74) is 2.59. The van der Waals surface area contributed by atoms with Gasteiger partial charge in [-0.15, -0.1) is 10.2 Å². The summed E-state index contributed by atoms with van der Waals surface area (Å²) >= 11 is 0. The minimum Gasteiger partial charge on any atom is -0.423 e. The lowest BCUT2D eigenvalue weighted by atomic mass is 10.1. The molecule has 0 fully saturated rings. The van der Waals surface area contributed by atoms with Gasteiger partial charge in [-0.2, -0.15) is 10.5 Å². The molecule has 0 aliphatic carbocycles. The van der Waals surface area contributed by atoms with E-state index in [1.54, 1.807) is 11.5 Å². The molecule has 24 heavy (non-hydrogen) atoms. The highest BCUT2D eigenvalue weighted by atomic mass is 16.4. The van der Waals surface area contributed by atoms with Crippen molar-refractivity contribution in [2.75, 3.05) is 0 Å². The zero-order chi connectivity index (χ0) is 17.1. The molecule has 7 heteroatoms. The van der Waals surface area contributed by atoms with Crippen LogP contribution in [0.2, 0.25) is 0 Å². The van der Waals surface area contributed by atoms with Crippen LogP contribution in [0.25, 0.3) is 0 Å². The van der Waals surface area contributed by atoms with Crippen molar-refractivity contribution < 1.29 is 4.42 Å². The first-order chi connectivity index (χ1) is 11.6. The molecule has 0 spiro atoms. The molecule has 1 aromatic carbocycles. The van der Waals surface area contributed by atoms with Crippen molar-refractivity contribution in [2.45, 2.75) is 26.8 Å². The fourth-order valence-corrected chi connectivity index (χ4v) is 2.48. The van der Waals surface area contributed by atoms with Gasteiger partial charge in [0.2, 0.25) is 11.8 Å². The zero-order valence-electron chi connectivity index (χ0n) is 13.3. The van der Waals surface area contributed by atoms with E-state index in [4.69, 9.17) is 9.68 Å². The van der Waals surface area contributed by atoms with Crippen LogP contribution in [0.1, 0.15) is 40.1 Å². The van der Waals surface area contributed by atoms with Crippen LogP contribution >= 0.6 is 0 Å². The maximum atomic E-state index is 9.22. The second-order valence-electron chi connectivity index (χ2n) is 5.36. The Bertz CT molecular complexity index is 970. The second kappa shape index (κ2) is 6.35. The van der Waals surface area contributed by atoms with Crippen LogP contribution in [0.5, 0.6) is 0 Å². The lowest BCUT2D eigenvalue weighted by Crippen LogP contribution is -2.05. The molecule has 0 atom stereocenters. The maximum Gasteiger partial charge on any atom is 0.236 e. The van der Waals surface area contributed by atoms with Gasteiger partial charge in [0.1, 0.15) is 24.5 Å². The molecule has 0 saturated heterocycles. The smallest absolute Gasteiger partial charge is 0.236 e. The molecule has 7 nitrogen and oxygen atoms in total. The molecule has 118 valence electrons. The molecule has 0 amide bonds. The standard InChI is InChI=1S/C17H14N6O/c1-11-5-3-4-6-13(11)7-16-21-22-17(24-16)10-23-12(2)20-14(8-18)15(23)9-19/h3-6H,7,10H2,1-2H3. The molecular formula is C17H14N6O. The molecule has 0 saturated carbocycles. The van der Waals surface area contributed by atoms with Crippen LogP contribution in [-0.2, 0) is 13.0 Å². The van der Waals surface area contributed by atoms with E-state index in [9.17, 15) is 5.26 Å². The highest BCUT2D eigenvalue weighted by molar-refractivity contribution is 5.38. The number of aryl methyl sites for hydroxylation is 2. The average molecular weight is 318 g/mol. The van der Waals surface area contributed by atoms with Gasteiger partial charge < -0.3 is 8.98 Å². The lowest BCUT2D eigenvalue weighted by molar-refractivity contribution is 0.443. The predicted octanol–water partition coefficient (Wildman–Crippen LogP) is 2.27.